The first kappa shape index (κ1) is 13.7. The fourth-order valence-corrected chi connectivity index (χ4v) is 3.30. The summed E-state index contributed by atoms with van der Waals surface area (Å²) < 4.78 is 1.06. The van der Waals surface area contributed by atoms with Gasteiger partial charge in [0.1, 0.15) is 0 Å². The van der Waals surface area contributed by atoms with Crippen LogP contribution in [0.25, 0.3) is 11.4 Å². The highest BCUT2D eigenvalue weighted by Crippen LogP contribution is 2.28. The first-order chi connectivity index (χ1) is 9.69. The number of halogens is 1. The molecule has 0 amide bonds. The second kappa shape index (κ2) is 5.62. The van der Waals surface area contributed by atoms with Crippen LogP contribution >= 0.6 is 15.9 Å². The van der Waals surface area contributed by atoms with E-state index in [0.29, 0.717) is 0 Å². The number of hydrogen-bond donors (Lipinski definition) is 1. The third kappa shape index (κ3) is 2.50. The van der Waals surface area contributed by atoms with Gasteiger partial charge in [0.2, 0.25) is 0 Å². The molecule has 1 aromatic heterocycles. The van der Waals surface area contributed by atoms with Gasteiger partial charge in [-0.1, -0.05) is 28.9 Å². The van der Waals surface area contributed by atoms with Crippen LogP contribution in [0.2, 0.25) is 0 Å². The molecule has 1 N–H and O–H groups in total. The number of nitrogens with one attached hydrogen (secondary N) is 1. The molecule has 1 aliphatic rings. The highest BCUT2D eigenvalue weighted by molar-refractivity contribution is 9.10. The van der Waals surface area contributed by atoms with Crippen molar-refractivity contribution >= 4 is 15.9 Å². The van der Waals surface area contributed by atoms with Crippen molar-refractivity contribution in [2.45, 2.75) is 33.2 Å². The predicted octanol–water partition coefficient (Wildman–Crippen LogP) is 3.42. The molecule has 0 saturated heterocycles. The summed E-state index contributed by atoms with van der Waals surface area (Å²) in [4.78, 5) is 9.59. The van der Waals surface area contributed by atoms with Crippen molar-refractivity contribution in [1.29, 1.82) is 0 Å². The summed E-state index contributed by atoms with van der Waals surface area (Å²) in [6, 6.07) is 6.32. The number of rotatable bonds is 2. The number of hydrogen-bond acceptors (Lipinski definition) is 3. The Kier molecular flexibility index (Phi) is 3.85. The maximum absolute atomic E-state index is 4.80. The standard InChI is InChI=1S/C16H18BrN3/c1-3-14-12-9-18-7-6-15(12)20-16(19-14)11-5-4-10(2)8-13(11)17/h4-5,8,18H,3,6-7,9H2,1-2H3. The van der Waals surface area contributed by atoms with Crippen LogP contribution in [0.4, 0.5) is 0 Å². The van der Waals surface area contributed by atoms with E-state index in [1.54, 1.807) is 0 Å². The molecule has 0 aliphatic carbocycles. The van der Waals surface area contributed by atoms with E-state index in [1.165, 1.54) is 22.5 Å². The molecule has 20 heavy (non-hydrogen) atoms. The normalized spacial score (nSPS) is 14.2. The molecule has 2 aromatic rings. The zero-order valence-corrected chi connectivity index (χ0v) is 13.4. The van der Waals surface area contributed by atoms with E-state index in [1.807, 2.05) is 0 Å². The van der Waals surface area contributed by atoms with Gasteiger partial charge in [-0.05, 0) is 31.0 Å². The fourth-order valence-electron chi connectivity index (χ4n) is 2.63. The molecule has 0 spiro atoms. The van der Waals surface area contributed by atoms with Gasteiger partial charge in [-0.2, -0.15) is 0 Å². The van der Waals surface area contributed by atoms with Gasteiger partial charge in [-0.15, -0.1) is 0 Å². The van der Waals surface area contributed by atoms with E-state index in [9.17, 15) is 0 Å². The van der Waals surface area contributed by atoms with Crippen molar-refractivity contribution in [2.24, 2.45) is 0 Å². The molecule has 1 aromatic carbocycles. The first-order valence-electron chi connectivity index (χ1n) is 7.05. The third-order valence-electron chi connectivity index (χ3n) is 3.72. The number of aryl methyl sites for hydroxylation is 2. The minimum atomic E-state index is 0.842. The van der Waals surface area contributed by atoms with E-state index in [0.717, 1.165) is 41.8 Å². The molecule has 0 bridgehead atoms. The number of benzene rings is 1. The number of nitrogens with zero attached hydrogens (tertiary/aromatic N) is 2. The van der Waals surface area contributed by atoms with Crippen molar-refractivity contribution in [3.05, 3.63) is 45.2 Å². The molecule has 3 rings (SSSR count). The summed E-state index contributed by atoms with van der Waals surface area (Å²) >= 11 is 3.63. The van der Waals surface area contributed by atoms with Crippen molar-refractivity contribution in [2.75, 3.05) is 6.54 Å². The van der Waals surface area contributed by atoms with Crippen molar-refractivity contribution < 1.29 is 0 Å². The Morgan fingerprint density at radius 2 is 2.15 bits per heavy atom. The highest BCUT2D eigenvalue weighted by atomic mass is 79.9. The number of fused-ring (bicyclic) bond motifs is 1. The summed E-state index contributed by atoms with van der Waals surface area (Å²) in [7, 11) is 0. The SMILES string of the molecule is CCc1nc(-c2ccc(C)cc2Br)nc2c1CNCC2. The van der Waals surface area contributed by atoms with Crippen molar-refractivity contribution in [3.63, 3.8) is 0 Å². The van der Waals surface area contributed by atoms with Crippen LogP contribution in [0.15, 0.2) is 22.7 Å². The predicted molar refractivity (Wildman–Crippen MR) is 84.7 cm³/mol. The second-order valence-electron chi connectivity index (χ2n) is 5.18. The largest absolute Gasteiger partial charge is 0.312 e. The molecule has 0 radical (unpaired) electrons. The quantitative estimate of drug-likeness (QED) is 0.916. The lowest BCUT2D eigenvalue weighted by molar-refractivity contribution is 0.618. The Morgan fingerprint density at radius 1 is 1.30 bits per heavy atom. The second-order valence-corrected chi connectivity index (χ2v) is 6.04. The van der Waals surface area contributed by atoms with Crippen LogP contribution in [0, 0.1) is 6.92 Å². The van der Waals surface area contributed by atoms with Gasteiger partial charge < -0.3 is 5.32 Å². The molecule has 2 heterocycles. The Morgan fingerprint density at radius 3 is 2.90 bits per heavy atom. The average Bonchev–Trinajstić information content (AvgIpc) is 2.46. The lowest BCUT2D eigenvalue weighted by atomic mass is 10.0. The molecule has 0 atom stereocenters. The van der Waals surface area contributed by atoms with Gasteiger partial charge in [-0.3, -0.25) is 0 Å². The Bertz CT molecular complexity index is 635. The van der Waals surface area contributed by atoms with E-state index >= 15 is 0 Å². The third-order valence-corrected chi connectivity index (χ3v) is 4.38. The van der Waals surface area contributed by atoms with Crippen LogP contribution in [0.1, 0.15) is 29.4 Å². The minimum absolute atomic E-state index is 0.842. The topological polar surface area (TPSA) is 37.8 Å². The maximum Gasteiger partial charge on any atom is 0.160 e. The fraction of sp³-hybridized carbons (Fsp3) is 0.375. The maximum atomic E-state index is 4.80. The zero-order chi connectivity index (χ0) is 14.1. The summed E-state index contributed by atoms with van der Waals surface area (Å²) in [5, 5.41) is 3.40. The zero-order valence-electron chi connectivity index (χ0n) is 11.8. The molecular weight excluding hydrogens is 314 g/mol. The van der Waals surface area contributed by atoms with Crippen LogP contribution < -0.4 is 5.32 Å². The lowest BCUT2D eigenvalue weighted by Crippen LogP contribution is -2.26. The smallest absolute Gasteiger partial charge is 0.160 e. The lowest BCUT2D eigenvalue weighted by Gasteiger charge is -2.20. The number of aromatic nitrogens is 2. The Balaban J connectivity index is 2.14. The molecular formula is C16H18BrN3. The van der Waals surface area contributed by atoms with Crippen LogP contribution in [-0.4, -0.2) is 16.5 Å². The molecule has 0 unspecified atom stereocenters. The monoisotopic (exact) mass is 331 g/mol. The van der Waals surface area contributed by atoms with E-state index < -0.39 is 0 Å². The summed E-state index contributed by atoms with van der Waals surface area (Å²) in [5.74, 6) is 0.842. The van der Waals surface area contributed by atoms with Crippen LogP contribution in [0.3, 0.4) is 0 Å². The van der Waals surface area contributed by atoms with Crippen molar-refractivity contribution in [1.82, 2.24) is 15.3 Å². The van der Waals surface area contributed by atoms with Gasteiger partial charge in [0.05, 0.1) is 5.69 Å². The summed E-state index contributed by atoms with van der Waals surface area (Å²) in [5.41, 5.74) is 5.98. The van der Waals surface area contributed by atoms with Gasteiger partial charge in [-0.25, -0.2) is 9.97 Å². The minimum Gasteiger partial charge on any atom is -0.312 e. The van der Waals surface area contributed by atoms with Gasteiger partial charge >= 0.3 is 0 Å². The Labute approximate surface area is 128 Å². The molecule has 4 heteroatoms. The first-order valence-corrected chi connectivity index (χ1v) is 7.84. The molecule has 0 fully saturated rings. The molecule has 3 nitrogen and oxygen atoms in total. The highest BCUT2D eigenvalue weighted by Gasteiger charge is 2.18. The average molecular weight is 332 g/mol. The molecule has 0 saturated carbocycles. The van der Waals surface area contributed by atoms with Crippen molar-refractivity contribution in [3.8, 4) is 11.4 Å². The van der Waals surface area contributed by atoms with Gasteiger partial charge in [0.15, 0.2) is 5.82 Å². The van der Waals surface area contributed by atoms with Gasteiger partial charge in [0.25, 0.3) is 0 Å². The van der Waals surface area contributed by atoms with Crippen LogP contribution in [-0.2, 0) is 19.4 Å². The van der Waals surface area contributed by atoms with E-state index in [-0.39, 0.29) is 0 Å². The molecule has 104 valence electrons. The van der Waals surface area contributed by atoms with Crippen LogP contribution in [0.5, 0.6) is 0 Å². The van der Waals surface area contributed by atoms with E-state index in [4.69, 9.17) is 9.97 Å². The van der Waals surface area contributed by atoms with E-state index in [2.05, 4.69) is 53.3 Å². The molecule has 1 aliphatic heterocycles. The van der Waals surface area contributed by atoms with Gasteiger partial charge in [0, 0.05) is 40.8 Å². The summed E-state index contributed by atoms with van der Waals surface area (Å²) in [6.45, 7) is 6.14. The summed E-state index contributed by atoms with van der Waals surface area (Å²) in [6.07, 6.45) is 1.93. The Hall–Kier alpha value is -1.26.